The third-order valence-corrected chi connectivity index (χ3v) is 1.67. The van der Waals surface area contributed by atoms with Gasteiger partial charge in [0, 0.05) is 11.5 Å². The van der Waals surface area contributed by atoms with Crippen molar-refractivity contribution in [3.05, 3.63) is 12.7 Å². The number of rotatable bonds is 4. The van der Waals surface area contributed by atoms with Gasteiger partial charge in [-0.05, 0) is 5.37 Å². The number of thioether (sulfide) groups is 1. The van der Waals surface area contributed by atoms with Gasteiger partial charge in [-0.15, -0.1) is 6.58 Å². The third-order valence-electron chi connectivity index (χ3n) is 0.422. The van der Waals surface area contributed by atoms with Crippen LogP contribution in [0.4, 0.5) is 0 Å². The topological polar surface area (TPSA) is 0 Å². The third kappa shape index (κ3) is 6.18. The molecule has 40 valence electrons. The molecule has 0 aromatic rings. The minimum absolute atomic E-state index is 0.960. The largest absolute Gasteiger partial charge is 0.153 e. The van der Waals surface area contributed by atoms with Gasteiger partial charge in [-0.1, -0.05) is 18.3 Å². The van der Waals surface area contributed by atoms with E-state index >= 15 is 0 Å². The van der Waals surface area contributed by atoms with Crippen LogP contribution in [0.1, 0.15) is 0 Å². The van der Waals surface area contributed by atoms with Gasteiger partial charge in [0.05, 0.1) is 0 Å². The summed E-state index contributed by atoms with van der Waals surface area (Å²) in [6.07, 6.45) is 1.88. The summed E-state index contributed by atoms with van der Waals surface area (Å²) in [5.41, 5.74) is 0. The number of hydrogen-bond donors (Lipinski definition) is 0. The molecule has 0 saturated carbocycles. The Bertz CT molecular complexity index is 51.1. The molecule has 0 aliphatic heterocycles. The van der Waals surface area contributed by atoms with Gasteiger partial charge in [-0.2, -0.15) is 11.8 Å². The highest BCUT2D eigenvalue weighted by Crippen LogP contribution is 1.95. The van der Waals surface area contributed by atoms with E-state index in [9.17, 15) is 0 Å². The summed E-state index contributed by atoms with van der Waals surface area (Å²) >= 11 is 6.36. The van der Waals surface area contributed by atoms with Crippen LogP contribution in [-0.2, 0) is 0 Å². The Kier molecular flexibility index (Phi) is 6.34. The monoisotopic (exact) mass is 132 g/mol. The minimum Gasteiger partial charge on any atom is -0.153 e. The maximum atomic E-state index is 4.59. The summed E-state index contributed by atoms with van der Waals surface area (Å²) < 4.78 is 0. The summed E-state index contributed by atoms with van der Waals surface area (Å²) in [6, 6.07) is 0. The van der Waals surface area contributed by atoms with Gasteiger partial charge in [0.25, 0.3) is 0 Å². The zero-order valence-electron chi connectivity index (χ0n) is 4.09. The van der Waals surface area contributed by atoms with Crippen LogP contribution in [0, 0.1) is 0 Å². The fourth-order valence-electron chi connectivity index (χ4n) is 0.199. The zero-order chi connectivity index (χ0) is 5.54. The highest BCUT2D eigenvalue weighted by molar-refractivity contribution is 8.00. The molecule has 0 unspecified atom stereocenters. The molecule has 0 rings (SSSR count). The van der Waals surface area contributed by atoms with Crippen LogP contribution in [0.15, 0.2) is 12.7 Å². The van der Waals surface area contributed by atoms with Gasteiger partial charge in [-0.25, -0.2) is 0 Å². The second-order valence-electron chi connectivity index (χ2n) is 0.993. The smallest absolute Gasteiger partial charge is 0.0221 e. The minimum atomic E-state index is 0.960. The fourth-order valence-corrected chi connectivity index (χ4v) is 0.887. The van der Waals surface area contributed by atoms with E-state index in [1.165, 1.54) is 0 Å². The second kappa shape index (κ2) is 6.18. The normalized spacial score (nSPS) is 8.00. The Balaban J connectivity index is 2.68. The SMILES string of the molecule is C=CCSCC=S. The van der Waals surface area contributed by atoms with Crippen molar-refractivity contribution in [1.29, 1.82) is 0 Å². The van der Waals surface area contributed by atoms with Crippen LogP contribution in [0.25, 0.3) is 0 Å². The number of hydrogen-bond acceptors (Lipinski definition) is 2. The lowest BCUT2D eigenvalue weighted by Crippen LogP contribution is -1.75. The quantitative estimate of drug-likeness (QED) is 0.325. The Morgan fingerprint density at radius 2 is 2.29 bits per heavy atom. The molecule has 0 aromatic carbocycles. The first-order chi connectivity index (χ1) is 3.41. The molecular formula is C5H8S2. The zero-order valence-corrected chi connectivity index (χ0v) is 5.73. The van der Waals surface area contributed by atoms with Crippen molar-refractivity contribution in [3.8, 4) is 0 Å². The lowest BCUT2D eigenvalue weighted by Gasteiger charge is -1.84. The summed E-state index contributed by atoms with van der Waals surface area (Å²) in [4.78, 5) is 0. The number of thiocarbonyl (C=S) groups is 1. The van der Waals surface area contributed by atoms with Crippen LogP contribution in [0.3, 0.4) is 0 Å². The second-order valence-corrected chi connectivity index (χ2v) is 2.40. The maximum Gasteiger partial charge on any atom is 0.0221 e. The lowest BCUT2D eigenvalue weighted by atomic mass is 10.8. The van der Waals surface area contributed by atoms with E-state index in [0.717, 1.165) is 11.5 Å². The first kappa shape index (κ1) is 7.18. The molecule has 0 atom stereocenters. The van der Waals surface area contributed by atoms with Crippen LogP contribution in [0.5, 0.6) is 0 Å². The maximum absolute atomic E-state index is 4.59. The Morgan fingerprint density at radius 3 is 2.71 bits per heavy atom. The molecule has 0 saturated heterocycles. The molecule has 0 aliphatic carbocycles. The van der Waals surface area contributed by atoms with Crippen LogP contribution in [0.2, 0.25) is 0 Å². The van der Waals surface area contributed by atoms with Crippen molar-refractivity contribution in [2.45, 2.75) is 0 Å². The van der Waals surface area contributed by atoms with E-state index < -0.39 is 0 Å². The molecule has 0 spiro atoms. The van der Waals surface area contributed by atoms with Gasteiger partial charge in [-0.3, -0.25) is 0 Å². The highest BCUT2D eigenvalue weighted by atomic mass is 32.2. The van der Waals surface area contributed by atoms with E-state index in [4.69, 9.17) is 0 Å². The predicted octanol–water partition coefficient (Wildman–Crippen LogP) is 1.91. The summed E-state index contributed by atoms with van der Waals surface area (Å²) in [5, 5.41) is 1.73. The summed E-state index contributed by atoms with van der Waals surface area (Å²) in [5.74, 6) is 1.97. The van der Waals surface area contributed by atoms with E-state index in [-0.39, 0.29) is 0 Å². The van der Waals surface area contributed by atoms with Crippen molar-refractivity contribution in [3.63, 3.8) is 0 Å². The fraction of sp³-hybridized carbons (Fsp3) is 0.400. The first-order valence-electron chi connectivity index (χ1n) is 2.04. The van der Waals surface area contributed by atoms with Gasteiger partial charge < -0.3 is 0 Å². The van der Waals surface area contributed by atoms with E-state index in [0.29, 0.717) is 0 Å². The van der Waals surface area contributed by atoms with Crippen molar-refractivity contribution >= 4 is 29.3 Å². The predicted molar refractivity (Wildman–Crippen MR) is 41.2 cm³/mol. The molecule has 0 bridgehead atoms. The average Bonchev–Trinajstić information content (AvgIpc) is 1.69. The van der Waals surface area contributed by atoms with E-state index in [1.54, 1.807) is 17.1 Å². The van der Waals surface area contributed by atoms with Gasteiger partial charge in [0.2, 0.25) is 0 Å². The van der Waals surface area contributed by atoms with E-state index in [2.05, 4.69) is 18.8 Å². The summed E-state index contributed by atoms with van der Waals surface area (Å²) in [7, 11) is 0. The molecule has 0 N–H and O–H groups in total. The Labute approximate surface area is 54.0 Å². The van der Waals surface area contributed by atoms with Gasteiger partial charge in [0.15, 0.2) is 0 Å². The van der Waals surface area contributed by atoms with Crippen LogP contribution in [-0.4, -0.2) is 16.9 Å². The van der Waals surface area contributed by atoms with Crippen LogP contribution >= 0.6 is 24.0 Å². The van der Waals surface area contributed by atoms with Crippen LogP contribution < -0.4 is 0 Å². The molecule has 7 heavy (non-hydrogen) atoms. The molecule has 0 amide bonds. The molecule has 0 radical (unpaired) electrons. The Morgan fingerprint density at radius 1 is 1.57 bits per heavy atom. The van der Waals surface area contributed by atoms with Crippen molar-refractivity contribution in [2.75, 3.05) is 11.5 Å². The molecule has 0 heterocycles. The Hall–Kier alpha value is 0.180. The van der Waals surface area contributed by atoms with Crippen molar-refractivity contribution < 1.29 is 0 Å². The molecule has 0 nitrogen and oxygen atoms in total. The standard InChI is InChI=1S/C5H8S2/c1-2-4-7-5-3-6/h2-3H,1,4-5H2. The van der Waals surface area contributed by atoms with E-state index in [1.807, 2.05) is 6.08 Å². The lowest BCUT2D eigenvalue weighted by molar-refractivity contribution is 1.81. The molecule has 0 fully saturated rings. The van der Waals surface area contributed by atoms with Crippen molar-refractivity contribution in [1.82, 2.24) is 0 Å². The molecule has 0 aliphatic rings. The molecular weight excluding hydrogens is 124 g/mol. The molecule has 0 aromatic heterocycles. The van der Waals surface area contributed by atoms with Gasteiger partial charge in [0.1, 0.15) is 0 Å². The van der Waals surface area contributed by atoms with Crippen molar-refractivity contribution in [2.24, 2.45) is 0 Å². The molecule has 2 heteroatoms. The van der Waals surface area contributed by atoms with Gasteiger partial charge >= 0.3 is 0 Å². The highest BCUT2D eigenvalue weighted by Gasteiger charge is 1.74. The summed E-state index contributed by atoms with van der Waals surface area (Å²) in [6.45, 7) is 3.56. The average molecular weight is 132 g/mol. The first-order valence-corrected chi connectivity index (χ1v) is 3.66.